The largest absolute Gasteiger partial charge is 0.326 e. The zero-order valence-electron chi connectivity index (χ0n) is 20.6. The van der Waals surface area contributed by atoms with Crippen LogP contribution in [-0.2, 0) is 9.13 Å². The van der Waals surface area contributed by atoms with Crippen LogP contribution in [0.4, 0.5) is 0 Å². The van der Waals surface area contributed by atoms with E-state index in [1.807, 2.05) is 27.7 Å². The molecule has 8 nitrogen and oxygen atoms in total. The Kier molecular flexibility index (Phi) is 10.4. The molecular formula is C23H42N2O6P2. The first-order valence-corrected chi connectivity index (χ1v) is 15.6. The second-order valence-electron chi connectivity index (χ2n) is 10.2. The van der Waals surface area contributed by atoms with Crippen LogP contribution in [-0.4, -0.2) is 31.9 Å². The lowest BCUT2D eigenvalue weighted by Crippen LogP contribution is -2.52. The molecule has 2 fully saturated rings. The van der Waals surface area contributed by atoms with E-state index in [2.05, 4.69) is 12.1 Å². The van der Waals surface area contributed by atoms with Crippen molar-refractivity contribution in [2.45, 2.75) is 98.3 Å². The van der Waals surface area contributed by atoms with Gasteiger partial charge in [0.1, 0.15) is 0 Å². The number of rotatable bonds is 10. The highest BCUT2D eigenvalue weighted by Crippen LogP contribution is 2.67. The summed E-state index contributed by atoms with van der Waals surface area (Å²) in [7, 11) is -8.02. The lowest BCUT2D eigenvalue weighted by atomic mass is 9.47. The van der Waals surface area contributed by atoms with Crippen LogP contribution in [0.3, 0.4) is 0 Å². The van der Waals surface area contributed by atoms with Gasteiger partial charge in [0.05, 0.1) is 24.5 Å². The molecule has 4 N–H and O–H groups in total. The lowest BCUT2D eigenvalue weighted by Gasteiger charge is -2.59. The van der Waals surface area contributed by atoms with E-state index in [0.717, 1.165) is 57.8 Å². The van der Waals surface area contributed by atoms with Crippen LogP contribution in [0.2, 0.25) is 0 Å². The Labute approximate surface area is 199 Å². The molecule has 0 radical (unpaired) electrons. The van der Waals surface area contributed by atoms with Crippen LogP contribution in [0.5, 0.6) is 0 Å². The summed E-state index contributed by atoms with van der Waals surface area (Å²) in [6.45, 7) is 8.01. The summed E-state index contributed by atoms with van der Waals surface area (Å²) in [5.74, 6) is 0. The van der Waals surface area contributed by atoms with E-state index in [0.29, 0.717) is 12.8 Å². The van der Waals surface area contributed by atoms with Crippen molar-refractivity contribution in [1.29, 1.82) is 10.5 Å². The second kappa shape index (κ2) is 11.3. The number of nitriles is 2. The monoisotopic (exact) mass is 504 g/mol. The van der Waals surface area contributed by atoms with Crippen LogP contribution in [0, 0.1) is 44.3 Å². The minimum Gasteiger partial charge on any atom is -0.324 e. The van der Waals surface area contributed by atoms with E-state index in [1.165, 1.54) is 0 Å². The zero-order valence-corrected chi connectivity index (χ0v) is 22.4. The third-order valence-electron chi connectivity index (χ3n) is 9.20. The van der Waals surface area contributed by atoms with Crippen molar-refractivity contribution in [2.24, 2.45) is 21.7 Å². The van der Waals surface area contributed by atoms with Crippen LogP contribution in [0.25, 0.3) is 0 Å². The van der Waals surface area contributed by atoms with Gasteiger partial charge in [0.2, 0.25) is 0 Å². The van der Waals surface area contributed by atoms with Crippen LogP contribution < -0.4 is 0 Å². The van der Waals surface area contributed by atoms with Gasteiger partial charge in [-0.3, -0.25) is 9.13 Å². The van der Waals surface area contributed by atoms with Gasteiger partial charge in [-0.05, 0) is 73.0 Å². The molecule has 0 aliphatic heterocycles. The van der Waals surface area contributed by atoms with Crippen LogP contribution in [0.15, 0.2) is 0 Å². The molecule has 2 aliphatic carbocycles. The Morgan fingerprint density at radius 3 is 1.21 bits per heavy atom. The molecule has 0 saturated heterocycles. The average Bonchev–Trinajstić information content (AvgIpc) is 3.06. The summed E-state index contributed by atoms with van der Waals surface area (Å²) in [4.78, 5) is 36.9. The SMILES string of the molecule is CCC1(CC#N)CCC1(CC)CP(=O)(O)O.CCC1(CC#N)CCCC1(CC)CP(=O)(O)O. The van der Waals surface area contributed by atoms with Crippen LogP contribution in [0.1, 0.15) is 98.3 Å². The third kappa shape index (κ3) is 6.49. The fraction of sp³-hybridized carbons (Fsp3) is 0.913. The van der Waals surface area contributed by atoms with Gasteiger partial charge in [-0.1, -0.05) is 34.1 Å². The summed E-state index contributed by atoms with van der Waals surface area (Å²) in [5, 5.41) is 17.9. The first-order valence-electron chi connectivity index (χ1n) is 12.0. The maximum atomic E-state index is 11.4. The maximum absolute atomic E-state index is 11.4. The Morgan fingerprint density at radius 1 is 0.636 bits per heavy atom. The second-order valence-corrected chi connectivity index (χ2v) is 13.5. The van der Waals surface area contributed by atoms with Crippen molar-refractivity contribution >= 4 is 15.2 Å². The van der Waals surface area contributed by atoms with E-state index >= 15 is 0 Å². The predicted molar refractivity (Wildman–Crippen MR) is 128 cm³/mol. The van der Waals surface area contributed by atoms with Crippen molar-refractivity contribution in [3.8, 4) is 12.1 Å². The first kappa shape index (κ1) is 30.3. The fourth-order valence-electron chi connectivity index (χ4n) is 6.94. The molecule has 0 heterocycles. The van der Waals surface area contributed by atoms with Gasteiger partial charge in [-0.2, -0.15) is 10.5 Å². The van der Waals surface area contributed by atoms with Gasteiger partial charge in [0.25, 0.3) is 0 Å². The van der Waals surface area contributed by atoms with Crippen molar-refractivity contribution in [2.75, 3.05) is 12.3 Å². The Balaban J connectivity index is 0.000000331. The van der Waals surface area contributed by atoms with Crippen molar-refractivity contribution in [1.82, 2.24) is 0 Å². The van der Waals surface area contributed by atoms with Crippen molar-refractivity contribution < 1.29 is 28.7 Å². The van der Waals surface area contributed by atoms with Gasteiger partial charge in [-0.15, -0.1) is 0 Å². The van der Waals surface area contributed by atoms with Gasteiger partial charge in [0.15, 0.2) is 0 Å². The molecule has 2 saturated carbocycles. The Morgan fingerprint density at radius 2 is 0.939 bits per heavy atom. The molecule has 190 valence electrons. The molecule has 2 aliphatic rings. The smallest absolute Gasteiger partial charge is 0.324 e. The average molecular weight is 505 g/mol. The van der Waals surface area contributed by atoms with Gasteiger partial charge in [-0.25, -0.2) is 0 Å². The minimum atomic E-state index is -4.02. The Bertz CT molecular complexity index is 835. The highest BCUT2D eigenvalue weighted by Gasteiger charge is 2.58. The summed E-state index contributed by atoms with van der Waals surface area (Å²) in [6, 6.07) is 4.41. The molecule has 0 amide bonds. The molecule has 4 unspecified atom stereocenters. The van der Waals surface area contributed by atoms with Crippen molar-refractivity contribution in [3.63, 3.8) is 0 Å². The van der Waals surface area contributed by atoms with E-state index in [1.54, 1.807) is 0 Å². The third-order valence-corrected chi connectivity index (χ3v) is 11.2. The normalized spacial score (nSPS) is 33.9. The molecule has 0 aromatic rings. The van der Waals surface area contributed by atoms with Crippen LogP contribution >= 0.6 is 15.2 Å². The quantitative estimate of drug-likeness (QED) is 0.275. The number of hydrogen-bond donors (Lipinski definition) is 4. The molecule has 0 bridgehead atoms. The fourth-order valence-corrected chi connectivity index (χ4v) is 9.96. The molecule has 0 spiro atoms. The lowest BCUT2D eigenvalue weighted by molar-refractivity contribution is -0.0691. The van der Waals surface area contributed by atoms with Gasteiger partial charge >= 0.3 is 15.2 Å². The maximum Gasteiger partial charge on any atom is 0.326 e. The van der Waals surface area contributed by atoms with Crippen molar-refractivity contribution in [3.05, 3.63) is 0 Å². The zero-order chi connectivity index (χ0) is 25.6. The molecular weight excluding hydrogens is 462 g/mol. The summed E-state index contributed by atoms with van der Waals surface area (Å²) < 4.78 is 22.6. The molecule has 0 aromatic carbocycles. The number of nitrogens with zero attached hydrogens (tertiary/aromatic N) is 2. The first-order chi connectivity index (χ1) is 15.2. The minimum absolute atomic E-state index is 0.0635. The van der Waals surface area contributed by atoms with Gasteiger partial charge < -0.3 is 19.6 Å². The molecule has 10 heteroatoms. The standard InChI is InChI=1S/C12H22NO3P.C11H20NO3P/c1-3-11(8-9-13)6-5-7-12(11,4-2)10-17(14,15)16;1-3-10(7-8-12)5-6-11(10,4-2)9-16(13,14)15/h3-8,10H2,1-2H3,(H2,14,15,16);3-7,9H2,1-2H3,(H2,13,14,15). The molecule has 4 atom stereocenters. The molecule has 33 heavy (non-hydrogen) atoms. The number of hydrogen-bond acceptors (Lipinski definition) is 4. The summed E-state index contributed by atoms with van der Waals surface area (Å²) in [6.07, 6.45) is 8.34. The highest BCUT2D eigenvalue weighted by molar-refractivity contribution is 7.52. The molecule has 0 aromatic heterocycles. The summed E-state index contributed by atoms with van der Waals surface area (Å²) in [5.41, 5.74) is -1.04. The van der Waals surface area contributed by atoms with E-state index in [9.17, 15) is 28.7 Å². The topological polar surface area (TPSA) is 163 Å². The van der Waals surface area contributed by atoms with E-state index in [4.69, 9.17) is 10.5 Å². The highest BCUT2D eigenvalue weighted by atomic mass is 31.2. The van der Waals surface area contributed by atoms with E-state index in [-0.39, 0.29) is 34.0 Å². The summed E-state index contributed by atoms with van der Waals surface area (Å²) >= 11 is 0. The molecule has 2 rings (SSSR count). The Hall–Kier alpha value is -0.720. The van der Waals surface area contributed by atoms with E-state index < -0.39 is 15.2 Å². The van der Waals surface area contributed by atoms with Gasteiger partial charge in [0, 0.05) is 12.8 Å². The predicted octanol–water partition coefficient (Wildman–Crippen LogP) is 5.72.